The first-order chi connectivity index (χ1) is 12.7. The van der Waals surface area contributed by atoms with Crippen LogP contribution in [0.25, 0.3) is 11.0 Å². The predicted octanol–water partition coefficient (Wildman–Crippen LogP) is 2.80. The third-order valence-electron chi connectivity index (χ3n) is 4.61. The lowest BCUT2D eigenvalue weighted by molar-refractivity contribution is 0.0898. The number of aromatic nitrogens is 3. The molecule has 1 aromatic carbocycles. The molecule has 7 nitrogen and oxygen atoms in total. The molecule has 3 aromatic rings. The zero-order valence-electron chi connectivity index (χ0n) is 14.1. The molecule has 0 radical (unpaired) electrons. The topological polar surface area (TPSA) is 88.2 Å². The lowest BCUT2D eigenvalue weighted by atomic mass is 9.99. The van der Waals surface area contributed by atoms with E-state index in [2.05, 4.69) is 15.0 Å². The fraction of sp³-hybridized carbons (Fsp3) is 0.263. The smallest absolute Gasteiger partial charge is 0.410 e. The van der Waals surface area contributed by atoms with Crippen LogP contribution in [0.15, 0.2) is 48.9 Å². The number of fused-ring (bicyclic) bond motifs is 1. The van der Waals surface area contributed by atoms with Crippen LogP contribution in [0.4, 0.5) is 4.79 Å². The monoisotopic (exact) mass is 350 g/mol. The second-order valence-corrected chi connectivity index (χ2v) is 6.30. The van der Waals surface area contributed by atoms with E-state index in [0.717, 1.165) is 5.56 Å². The molecule has 1 amide bonds. The molecule has 0 spiro atoms. The molecule has 1 fully saturated rings. The molecule has 0 bridgehead atoms. The second-order valence-electron chi connectivity index (χ2n) is 6.30. The van der Waals surface area contributed by atoms with Gasteiger partial charge in [-0.3, -0.25) is 4.79 Å². The number of Topliss-reactive ketones (excluding diaryl/α,β-unsaturated/α-hetero) is 1. The van der Waals surface area contributed by atoms with Crippen LogP contribution in [0.1, 0.15) is 22.5 Å². The lowest BCUT2D eigenvalue weighted by Crippen LogP contribution is -2.30. The van der Waals surface area contributed by atoms with Crippen molar-refractivity contribution in [2.45, 2.75) is 13.0 Å². The van der Waals surface area contributed by atoms with Gasteiger partial charge in [-0.1, -0.05) is 30.3 Å². The number of ether oxygens (including phenoxy) is 1. The van der Waals surface area contributed by atoms with Crippen molar-refractivity contribution in [3.05, 3.63) is 60.2 Å². The molecule has 1 unspecified atom stereocenters. The Labute approximate surface area is 150 Å². The molecule has 4 rings (SSSR count). The normalized spacial score (nSPS) is 16.8. The summed E-state index contributed by atoms with van der Waals surface area (Å²) in [6.45, 7) is 1.08. The molecule has 0 aliphatic carbocycles. The van der Waals surface area contributed by atoms with Gasteiger partial charge in [0.2, 0.25) is 0 Å². The number of likely N-dealkylation sites (tertiary alicyclic amines) is 1. The number of aromatic amines is 1. The second kappa shape index (κ2) is 6.95. The summed E-state index contributed by atoms with van der Waals surface area (Å²) in [6.07, 6.45) is 3.33. The molecule has 1 aliphatic heterocycles. The van der Waals surface area contributed by atoms with Crippen LogP contribution in [0.5, 0.6) is 0 Å². The third-order valence-corrected chi connectivity index (χ3v) is 4.61. The maximum absolute atomic E-state index is 12.8. The quantitative estimate of drug-likeness (QED) is 0.731. The van der Waals surface area contributed by atoms with Gasteiger partial charge in [-0.25, -0.2) is 14.8 Å². The van der Waals surface area contributed by atoms with Crippen LogP contribution in [-0.4, -0.2) is 44.8 Å². The summed E-state index contributed by atoms with van der Waals surface area (Å²) in [5.74, 6) is -0.331. The predicted molar refractivity (Wildman–Crippen MR) is 94.5 cm³/mol. The van der Waals surface area contributed by atoms with Crippen LogP contribution in [0, 0.1) is 5.92 Å². The average Bonchev–Trinajstić information content (AvgIpc) is 3.35. The van der Waals surface area contributed by atoms with Gasteiger partial charge in [0.25, 0.3) is 0 Å². The highest BCUT2D eigenvalue weighted by Gasteiger charge is 2.33. The van der Waals surface area contributed by atoms with E-state index in [1.165, 1.54) is 6.33 Å². The van der Waals surface area contributed by atoms with E-state index < -0.39 is 6.09 Å². The fourth-order valence-electron chi connectivity index (χ4n) is 3.21. The number of H-pyrrole nitrogens is 1. The zero-order valence-corrected chi connectivity index (χ0v) is 14.1. The molecule has 1 aliphatic rings. The van der Waals surface area contributed by atoms with E-state index >= 15 is 0 Å². The molecule has 26 heavy (non-hydrogen) atoms. The van der Waals surface area contributed by atoms with Gasteiger partial charge in [-0.05, 0) is 18.1 Å². The van der Waals surface area contributed by atoms with Gasteiger partial charge in [-0.15, -0.1) is 0 Å². The van der Waals surface area contributed by atoms with Crippen molar-refractivity contribution in [2.24, 2.45) is 5.92 Å². The van der Waals surface area contributed by atoms with Crippen LogP contribution >= 0.6 is 0 Å². The van der Waals surface area contributed by atoms with Crippen molar-refractivity contribution in [2.75, 3.05) is 13.1 Å². The summed E-state index contributed by atoms with van der Waals surface area (Å²) in [7, 11) is 0. The lowest BCUT2D eigenvalue weighted by Gasteiger charge is -2.16. The van der Waals surface area contributed by atoms with Crippen LogP contribution in [0.3, 0.4) is 0 Å². The summed E-state index contributed by atoms with van der Waals surface area (Å²) in [5, 5.41) is 0.711. The van der Waals surface area contributed by atoms with E-state index in [9.17, 15) is 9.59 Å². The van der Waals surface area contributed by atoms with Crippen molar-refractivity contribution in [3.63, 3.8) is 0 Å². The van der Waals surface area contributed by atoms with Gasteiger partial charge >= 0.3 is 6.09 Å². The van der Waals surface area contributed by atoms with Gasteiger partial charge in [-0.2, -0.15) is 0 Å². The molecule has 1 atom stereocenters. The largest absolute Gasteiger partial charge is 0.445 e. The summed E-state index contributed by atoms with van der Waals surface area (Å²) in [5.41, 5.74) is 1.98. The van der Waals surface area contributed by atoms with Crippen LogP contribution in [0.2, 0.25) is 0 Å². The first-order valence-electron chi connectivity index (χ1n) is 8.50. The summed E-state index contributed by atoms with van der Waals surface area (Å²) in [6, 6.07) is 11.3. The van der Waals surface area contributed by atoms with Gasteiger partial charge in [0.15, 0.2) is 5.78 Å². The number of carbonyl (C=O) groups is 2. The van der Waals surface area contributed by atoms with Crippen molar-refractivity contribution in [1.29, 1.82) is 0 Å². The van der Waals surface area contributed by atoms with E-state index in [-0.39, 0.29) is 18.3 Å². The molecule has 1 saturated heterocycles. The molecule has 1 N–H and O–H groups in total. The highest BCUT2D eigenvalue weighted by molar-refractivity contribution is 6.06. The van der Waals surface area contributed by atoms with Gasteiger partial charge in [0.05, 0.1) is 0 Å². The Morgan fingerprint density at radius 3 is 2.88 bits per heavy atom. The SMILES string of the molecule is O=C(c1ncnc2[nH]ccc12)C1CCN(C(=O)OCc2ccccc2)C1. The van der Waals surface area contributed by atoms with E-state index in [0.29, 0.717) is 36.2 Å². The first-order valence-corrected chi connectivity index (χ1v) is 8.50. The molecule has 2 aromatic heterocycles. The number of ketones is 1. The van der Waals surface area contributed by atoms with E-state index in [1.54, 1.807) is 17.2 Å². The Morgan fingerprint density at radius 2 is 2.04 bits per heavy atom. The molecule has 132 valence electrons. The van der Waals surface area contributed by atoms with Crippen molar-refractivity contribution in [1.82, 2.24) is 19.9 Å². The van der Waals surface area contributed by atoms with Crippen LogP contribution in [-0.2, 0) is 11.3 Å². The Kier molecular flexibility index (Phi) is 4.35. The standard InChI is InChI=1S/C19H18N4O3/c24-17(16-15-6-8-20-18(15)22-12-21-16)14-7-9-23(10-14)19(25)26-11-13-4-2-1-3-5-13/h1-6,8,12,14H,7,9-11H2,(H,20,21,22). The van der Waals surface area contributed by atoms with E-state index in [1.807, 2.05) is 30.3 Å². The Hall–Kier alpha value is -3.22. The molecular weight excluding hydrogens is 332 g/mol. The van der Waals surface area contributed by atoms with Gasteiger partial charge in [0, 0.05) is 30.6 Å². The molecule has 3 heterocycles. The highest BCUT2D eigenvalue weighted by Crippen LogP contribution is 2.24. The maximum atomic E-state index is 12.8. The number of hydrogen-bond acceptors (Lipinski definition) is 5. The minimum atomic E-state index is -0.390. The van der Waals surface area contributed by atoms with Crippen LogP contribution < -0.4 is 0 Å². The zero-order chi connectivity index (χ0) is 17.9. The molecule has 0 saturated carbocycles. The fourth-order valence-corrected chi connectivity index (χ4v) is 3.21. The molecular formula is C19H18N4O3. The minimum absolute atomic E-state index is 0.0599. The average molecular weight is 350 g/mol. The summed E-state index contributed by atoms with van der Waals surface area (Å²) in [4.78, 5) is 37.9. The number of hydrogen-bond donors (Lipinski definition) is 1. The number of benzene rings is 1. The van der Waals surface area contributed by atoms with Crippen molar-refractivity contribution < 1.29 is 14.3 Å². The number of rotatable bonds is 4. The number of nitrogens with zero attached hydrogens (tertiary/aromatic N) is 3. The van der Waals surface area contributed by atoms with E-state index in [4.69, 9.17) is 4.74 Å². The van der Waals surface area contributed by atoms with Gasteiger partial charge < -0.3 is 14.6 Å². The minimum Gasteiger partial charge on any atom is -0.445 e. The molecule has 7 heteroatoms. The Balaban J connectivity index is 1.39. The Morgan fingerprint density at radius 1 is 1.19 bits per heavy atom. The highest BCUT2D eigenvalue weighted by atomic mass is 16.6. The maximum Gasteiger partial charge on any atom is 0.410 e. The third kappa shape index (κ3) is 3.15. The summed E-state index contributed by atoms with van der Waals surface area (Å²) < 4.78 is 5.35. The Bertz CT molecular complexity index is 938. The summed E-state index contributed by atoms with van der Waals surface area (Å²) >= 11 is 0. The van der Waals surface area contributed by atoms with Crippen molar-refractivity contribution >= 4 is 22.9 Å². The number of nitrogens with one attached hydrogen (secondary N) is 1. The first kappa shape index (κ1) is 16.3. The number of amides is 1. The van der Waals surface area contributed by atoms with Gasteiger partial charge in [0.1, 0.15) is 24.3 Å². The van der Waals surface area contributed by atoms with Crippen molar-refractivity contribution in [3.8, 4) is 0 Å². The number of carbonyl (C=O) groups excluding carboxylic acids is 2.